The number of nitrogens with one attached hydrogen (secondary N) is 1. The van der Waals surface area contributed by atoms with Crippen molar-refractivity contribution in [3.8, 4) is 0 Å². The molecule has 1 atom stereocenters. The van der Waals surface area contributed by atoms with Crippen molar-refractivity contribution in [1.82, 2.24) is 30.1 Å². The number of hydrogen-bond acceptors (Lipinski definition) is 6. The van der Waals surface area contributed by atoms with Crippen LogP contribution < -0.4 is 5.56 Å². The number of H-pyrrole nitrogens is 1. The Hall–Kier alpha value is -2.58. The predicted molar refractivity (Wildman–Crippen MR) is 131 cm³/mol. The quantitative estimate of drug-likeness (QED) is 0.454. The first kappa shape index (κ1) is 25.1. The standard InChI is InChI=1S/C25H38N6O2/c1-7-10-21(23-27-28-29-31(23)25(5,6)8-2)30(11-9-12-32)16-20-15-19-14-17(3)13-18(4)22(19)26-24(20)33/h13-15,21,32H,7-12,16H2,1-6H3,(H,26,33)/t21-/m0/s1. The first-order valence-electron chi connectivity index (χ1n) is 12.0. The second-order valence-electron chi connectivity index (χ2n) is 9.64. The average Bonchev–Trinajstić information content (AvgIpc) is 3.26. The molecule has 0 radical (unpaired) electrons. The van der Waals surface area contributed by atoms with Gasteiger partial charge in [0.2, 0.25) is 0 Å². The Labute approximate surface area is 196 Å². The summed E-state index contributed by atoms with van der Waals surface area (Å²) in [6.45, 7) is 13.8. The summed E-state index contributed by atoms with van der Waals surface area (Å²) in [5.74, 6) is 0.811. The summed E-state index contributed by atoms with van der Waals surface area (Å²) in [5, 5.41) is 23.4. The summed E-state index contributed by atoms with van der Waals surface area (Å²) in [6.07, 6.45) is 3.31. The van der Waals surface area contributed by atoms with E-state index in [0.717, 1.165) is 41.6 Å². The topological polar surface area (TPSA) is 99.9 Å². The zero-order chi connectivity index (χ0) is 24.2. The highest BCUT2D eigenvalue weighted by molar-refractivity contribution is 5.82. The van der Waals surface area contributed by atoms with Gasteiger partial charge in [-0.1, -0.05) is 31.9 Å². The van der Waals surface area contributed by atoms with Gasteiger partial charge in [-0.15, -0.1) is 5.10 Å². The van der Waals surface area contributed by atoms with Crippen LogP contribution in [0.3, 0.4) is 0 Å². The van der Waals surface area contributed by atoms with Gasteiger partial charge in [-0.2, -0.15) is 0 Å². The molecule has 0 amide bonds. The molecule has 180 valence electrons. The van der Waals surface area contributed by atoms with E-state index in [-0.39, 0.29) is 23.7 Å². The first-order chi connectivity index (χ1) is 15.7. The minimum absolute atomic E-state index is 0.0586. The van der Waals surface area contributed by atoms with Crippen LogP contribution in [0.1, 0.15) is 81.9 Å². The Balaban J connectivity index is 2.05. The highest BCUT2D eigenvalue weighted by Gasteiger charge is 2.31. The lowest BCUT2D eigenvalue weighted by molar-refractivity contribution is 0.139. The van der Waals surface area contributed by atoms with E-state index in [1.807, 2.05) is 17.7 Å². The largest absolute Gasteiger partial charge is 0.396 e. The molecule has 0 bridgehead atoms. The fraction of sp³-hybridized carbons (Fsp3) is 0.600. The third-order valence-corrected chi connectivity index (χ3v) is 6.58. The highest BCUT2D eigenvalue weighted by Crippen LogP contribution is 2.30. The van der Waals surface area contributed by atoms with Gasteiger partial charge in [0.15, 0.2) is 5.82 Å². The summed E-state index contributed by atoms with van der Waals surface area (Å²) in [6, 6.07) is 6.13. The minimum atomic E-state index is -0.219. The molecule has 0 saturated heterocycles. The number of fused-ring (bicyclic) bond motifs is 1. The molecular weight excluding hydrogens is 416 g/mol. The van der Waals surface area contributed by atoms with Gasteiger partial charge < -0.3 is 10.1 Å². The van der Waals surface area contributed by atoms with Crippen LogP contribution in [0.4, 0.5) is 0 Å². The van der Waals surface area contributed by atoms with Crippen LogP contribution in [0.25, 0.3) is 10.9 Å². The maximum absolute atomic E-state index is 13.0. The Kier molecular flexibility index (Phi) is 8.02. The third-order valence-electron chi connectivity index (χ3n) is 6.58. The Bertz CT molecular complexity index is 1130. The van der Waals surface area contributed by atoms with Gasteiger partial charge >= 0.3 is 0 Å². The summed E-state index contributed by atoms with van der Waals surface area (Å²) in [7, 11) is 0. The van der Waals surface area contributed by atoms with Crippen molar-refractivity contribution in [3.05, 3.63) is 51.1 Å². The molecule has 33 heavy (non-hydrogen) atoms. The van der Waals surface area contributed by atoms with Crippen LogP contribution in [0.2, 0.25) is 0 Å². The van der Waals surface area contributed by atoms with Gasteiger partial charge in [-0.05, 0) is 80.5 Å². The molecule has 2 heterocycles. The van der Waals surface area contributed by atoms with Gasteiger partial charge in [0.05, 0.1) is 17.1 Å². The molecule has 0 unspecified atom stereocenters. The highest BCUT2D eigenvalue weighted by atomic mass is 16.3. The van der Waals surface area contributed by atoms with Crippen molar-refractivity contribution < 1.29 is 5.11 Å². The molecule has 1 aromatic carbocycles. The van der Waals surface area contributed by atoms with E-state index < -0.39 is 0 Å². The van der Waals surface area contributed by atoms with Crippen molar-refractivity contribution in [2.45, 2.75) is 85.4 Å². The SMILES string of the molecule is CCC[C@@H](c1nnnn1C(C)(C)CC)N(CCCO)Cc1cc2cc(C)cc(C)c2[nH]c1=O. The number of rotatable bonds is 11. The lowest BCUT2D eigenvalue weighted by Gasteiger charge is -2.33. The van der Waals surface area contributed by atoms with Crippen LogP contribution in [-0.4, -0.2) is 48.3 Å². The van der Waals surface area contributed by atoms with Crippen LogP contribution in [-0.2, 0) is 12.1 Å². The fourth-order valence-electron chi connectivity index (χ4n) is 4.42. The van der Waals surface area contributed by atoms with E-state index in [1.165, 1.54) is 5.56 Å². The number of aliphatic hydroxyl groups excluding tert-OH is 1. The van der Waals surface area contributed by atoms with Crippen molar-refractivity contribution >= 4 is 10.9 Å². The zero-order valence-electron chi connectivity index (χ0n) is 20.9. The van der Waals surface area contributed by atoms with Gasteiger partial charge in [-0.3, -0.25) is 9.69 Å². The molecule has 2 N–H and O–H groups in total. The monoisotopic (exact) mass is 454 g/mol. The number of nitrogens with zero attached hydrogens (tertiary/aromatic N) is 5. The second-order valence-corrected chi connectivity index (χ2v) is 9.64. The van der Waals surface area contributed by atoms with Crippen molar-refractivity contribution in [2.75, 3.05) is 13.2 Å². The van der Waals surface area contributed by atoms with E-state index in [2.05, 4.69) is 72.2 Å². The average molecular weight is 455 g/mol. The molecule has 0 aliphatic carbocycles. The number of aliphatic hydroxyl groups is 1. The number of hydrogen-bond donors (Lipinski definition) is 2. The number of pyridine rings is 1. The number of aromatic nitrogens is 5. The van der Waals surface area contributed by atoms with Gasteiger partial charge in [0, 0.05) is 25.3 Å². The predicted octanol–water partition coefficient (Wildman–Crippen LogP) is 4.00. The van der Waals surface area contributed by atoms with Gasteiger partial charge in [0.1, 0.15) is 0 Å². The van der Waals surface area contributed by atoms with E-state index in [1.54, 1.807) is 0 Å². The number of benzene rings is 1. The number of aryl methyl sites for hydroxylation is 2. The summed E-state index contributed by atoms with van der Waals surface area (Å²) in [5.41, 5.74) is 3.53. The molecule has 3 rings (SSSR count). The number of aromatic amines is 1. The normalized spacial score (nSPS) is 13.2. The molecule has 3 aromatic rings. The van der Waals surface area contributed by atoms with E-state index in [0.29, 0.717) is 25.1 Å². The molecule has 0 fully saturated rings. The summed E-state index contributed by atoms with van der Waals surface area (Å²) in [4.78, 5) is 18.4. The third kappa shape index (κ3) is 5.50. The molecule has 0 aliphatic heterocycles. The fourth-order valence-corrected chi connectivity index (χ4v) is 4.42. The first-order valence-corrected chi connectivity index (χ1v) is 12.0. The molecule has 0 aliphatic rings. The van der Waals surface area contributed by atoms with Crippen LogP contribution in [0, 0.1) is 13.8 Å². The lowest BCUT2D eigenvalue weighted by Crippen LogP contribution is -2.37. The summed E-state index contributed by atoms with van der Waals surface area (Å²) < 4.78 is 1.93. The number of tetrazole rings is 1. The molecule has 2 aromatic heterocycles. The van der Waals surface area contributed by atoms with Gasteiger partial charge in [0.25, 0.3) is 5.56 Å². The van der Waals surface area contributed by atoms with Crippen molar-refractivity contribution in [3.63, 3.8) is 0 Å². The molecule has 0 saturated carbocycles. The molecule has 8 heteroatoms. The van der Waals surface area contributed by atoms with Gasteiger partial charge in [-0.25, -0.2) is 4.68 Å². The van der Waals surface area contributed by atoms with Crippen LogP contribution in [0.5, 0.6) is 0 Å². The van der Waals surface area contributed by atoms with E-state index in [9.17, 15) is 9.90 Å². The molecular formula is C25H38N6O2. The lowest BCUT2D eigenvalue weighted by atomic mass is 10.0. The maximum Gasteiger partial charge on any atom is 0.252 e. The van der Waals surface area contributed by atoms with E-state index in [4.69, 9.17) is 0 Å². The minimum Gasteiger partial charge on any atom is -0.396 e. The van der Waals surface area contributed by atoms with Crippen molar-refractivity contribution in [2.24, 2.45) is 0 Å². The Morgan fingerprint density at radius 2 is 1.97 bits per heavy atom. The Morgan fingerprint density at radius 3 is 2.64 bits per heavy atom. The Morgan fingerprint density at radius 1 is 1.21 bits per heavy atom. The van der Waals surface area contributed by atoms with Crippen LogP contribution in [0.15, 0.2) is 23.0 Å². The summed E-state index contributed by atoms with van der Waals surface area (Å²) >= 11 is 0. The van der Waals surface area contributed by atoms with E-state index >= 15 is 0 Å². The maximum atomic E-state index is 13.0. The van der Waals surface area contributed by atoms with Crippen molar-refractivity contribution in [1.29, 1.82) is 0 Å². The smallest absolute Gasteiger partial charge is 0.252 e. The molecule has 0 spiro atoms. The zero-order valence-corrected chi connectivity index (χ0v) is 20.9. The van der Waals surface area contributed by atoms with Crippen LogP contribution >= 0.6 is 0 Å². The molecule has 8 nitrogen and oxygen atoms in total. The second kappa shape index (κ2) is 10.6.